The fraction of sp³-hybridized carbons (Fsp3) is 0.500. The molecule has 0 bridgehead atoms. The van der Waals surface area contributed by atoms with Crippen LogP contribution in [0.2, 0.25) is 0 Å². The van der Waals surface area contributed by atoms with Crippen LogP contribution < -0.4 is 4.73 Å². The largest absolute Gasteiger partial charge is 0.618 e. The third-order valence-corrected chi connectivity index (χ3v) is 6.17. The highest BCUT2D eigenvalue weighted by atomic mass is 32.2. The highest BCUT2D eigenvalue weighted by molar-refractivity contribution is 7.90. The van der Waals surface area contributed by atoms with Crippen molar-refractivity contribution in [3.63, 3.8) is 0 Å². The number of pyridine rings is 1. The molecule has 1 saturated carbocycles. The summed E-state index contributed by atoms with van der Waals surface area (Å²) >= 11 is 0. The van der Waals surface area contributed by atoms with Gasteiger partial charge in [0.1, 0.15) is 22.3 Å². The zero-order valence-corrected chi connectivity index (χ0v) is 17.4. The topological polar surface area (TPSA) is 97.4 Å². The predicted molar refractivity (Wildman–Crippen MR) is 109 cm³/mol. The fourth-order valence-electron chi connectivity index (χ4n) is 3.60. The summed E-state index contributed by atoms with van der Waals surface area (Å²) in [5.41, 5.74) is 1.66. The van der Waals surface area contributed by atoms with E-state index < -0.39 is 15.4 Å². The van der Waals surface area contributed by atoms with Gasteiger partial charge in [0.25, 0.3) is 0 Å². The van der Waals surface area contributed by atoms with Crippen LogP contribution in [0.1, 0.15) is 25.6 Å². The maximum absolute atomic E-state index is 12.4. The van der Waals surface area contributed by atoms with E-state index in [1.807, 2.05) is 25.1 Å². The van der Waals surface area contributed by atoms with Gasteiger partial charge in [-0.05, 0) is 25.8 Å². The maximum atomic E-state index is 12.4. The number of aromatic nitrogens is 3. The van der Waals surface area contributed by atoms with Gasteiger partial charge in [-0.25, -0.2) is 13.4 Å². The van der Waals surface area contributed by atoms with Gasteiger partial charge in [-0.1, -0.05) is 12.1 Å². The third-order valence-electron chi connectivity index (χ3n) is 5.26. The number of benzene rings is 1. The van der Waals surface area contributed by atoms with Crippen molar-refractivity contribution in [2.75, 3.05) is 25.2 Å². The summed E-state index contributed by atoms with van der Waals surface area (Å²) in [5, 5.41) is 13.2. The summed E-state index contributed by atoms with van der Waals surface area (Å²) in [6.45, 7) is 3.53. The van der Waals surface area contributed by atoms with Crippen molar-refractivity contribution >= 4 is 31.8 Å². The molecule has 9 heteroatoms. The summed E-state index contributed by atoms with van der Waals surface area (Å²) in [4.78, 5) is 4.66. The number of sulfone groups is 1. The van der Waals surface area contributed by atoms with Gasteiger partial charge in [-0.3, -0.25) is 0 Å². The number of rotatable bonds is 9. The molecule has 8 nitrogen and oxygen atoms in total. The minimum absolute atomic E-state index is 0.00431. The molecular weight excluding hydrogens is 394 g/mol. The Morgan fingerprint density at radius 2 is 2.07 bits per heavy atom. The van der Waals surface area contributed by atoms with E-state index in [0.29, 0.717) is 30.8 Å². The van der Waals surface area contributed by atoms with E-state index in [1.165, 1.54) is 12.5 Å². The van der Waals surface area contributed by atoms with Crippen molar-refractivity contribution in [1.29, 1.82) is 0 Å². The average Bonchev–Trinajstić information content (AvgIpc) is 3.34. The van der Waals surface area contributed by atoms with Crippen LogP contribution in [0, 0.1) is 5.21 Å². The Hall–Kier alpha value is -2.23. The lowest BCUT2D eigenvalue weighted by Crippen LogP contribution is -2.27. The van der Waals surface area contributed by atoms with Crippen molar-refractivity contribution in [2.24, 2.45) is 0 Å². The van der Waals surface area contributed by atoms with Crippen molar-refractivity contribution in [1.82, 2.24) is 9.55 Å². The molecule has 0 unspecified atom stereocenters. The molecule has 0 aliphatic heterocycles. The summed E-state index contributed by atoms with van der Waals surface area (Å²) in [5.74, 6) is 0.737. The lowest BCUT2D eigenvalue weighted by atomic mass is 10.2. The molecule has 0 radical (unpaired) electrons. The molecule has 1 aliphatic carbocycles. The quantitative estimate of drug-likeness (QED) is 0.388. The molecule has 2 aromatic heterocycles. The van der Waals surface area contributed by atoms with Gasteiger partial charge in [-0.2, -0.15) is 4.73 Å². The van der Waals surface area contributed by atoms with Gasteiger partial charge in [-0.15, -0.1) is 0 Å². The van der Waals surface area contributed by atoms with Gasteiger partial charge in [0.15, 0.2) is 5.52 Å². The molecule has 29 heavy (non-hydrogen) atoms. The Morgan fingerprint density at radius 3 is 2.76 bits per heavy atom. The number of hydrogen-bond donors (Lipinski definition) is 0. The van der Waals surface area contributed by atoms with Crippen molar-refractivity contribution in [2.45, 2.75) is 38.5 Å². The molecule has 0 N–H and O–H groups in total. The van der Waals surface area contributed by atoms with E-state index in [1.54, 1.807) is 6.07 Å². The van der Waals surface area contributed by atoms with E-state index in [-0.39, 0.29) is 12.4 Å². The van der Waals surface area contributed by atoms with Crippen LogP contribution in [0.5, 0.6) is 0 Å². The smallest absolute Gasteiger partial charge is 0.226 e. The number of imidazole rings is 1. The van der Waals surface area contributed by atoms with E-state index >= 15 is 0 Å². The normalized spacial score (nSPS) is 15.9. The zero-order chi connectivity index (χ0) is 20.6. The first-order chi connectivity index (χ1) is 13.8. The molecule has 0 saturated heterocycles. The molecule has 1 aromatic carbocycles. The van der Waals surface area contributed by atoms with Crippen molar-refractivity contribution < 1.29 is 22.6 Å². The van der Waals surface area contributed by atoms with Crippen LogP contribution in [0.15, 0.2) is 30.5 Å². The van der Waals surface area contributed by atoms with Crippen LogP contribution in [0.4, 0.5) is 0 Å². The molecule has 0 amide bonds. The van der Waals surface area contributed by atoms with Gasteiger partial charge in [0.05, 0.1) is 35.4 Å². The number of nitrogens with zero attached hydrogens (tertiary/aromatic N) is 3. The lowest BCUT2D eigenvalue weighted by molar-refractivity contribution is -0.575. The molecule has 156 valence electrons. The summed E-state index contributed by atoms with van der Waals surface area (Å²) in [6, 6.07) is 7.44. The number of fused-ring (bicyclic) bond motifs is 3. The highest BCUT2D eigenvalue weighted by Gasteiger charge is 2.45. The van der Waals surface area contributed by atoms with Crippen LogP contribution in [0.3, 0.4) is 0 Å². The molecule has 1 fully saturated rings. The van der Waals surface area contributed by atoms with Crippen molar-refractivity contribution in [3.05, 3.63) is 41.5 Å². The number of ether oxygens (including phenoxy) is 2. The Labute approximate surface area is 169 Å². The molecule has 2 heterocycles. The first-order valence-electron chi connectivity index (χ1n) is 9.71. The predicted octanol–water partition coefficient (Wildman–Crippen LogP) is 1.95. The van der Waals surface area contributed by atoms with Crippen LogP contribution in [-0.2, 0) is 32.5 Å². The summed E-state index contributed by atoms with van der Waals surface area (Å²) < 4.78 is 37.4. The summed E-state index contributed by atoms with van der Waals surface area (Å²) in [7, 11) is -3.07. The second-order valence-corrected chi connectivity index (χ2v) is 9.88. The van der Waals surface area contributed by atoms with Gasteiger partial charge in [0, 0.05) is 18.9 Å². The highest BCUT2D eigenvalue weighted by Crippen LogP contribution is 2.42. The van der Waals surface area contributed by atoms with E-state index in [9.17, 15) is 13.6 Å². The molecule has 1 aliphatic rings. The van der Waals surface area contributed by atoms with E-state index in [4.69, 9.17) is 9.47 Å². The van der Waals surface area contributed by atoms with Gasteiger partial charge >= 0.3 is 0 Å². The number of para-hydroxylation sites is 1. The Bertz CT molecular complexity index is 1150. The van der Waals surface area contributed by atoms with Crippen LogP contribution in [0.25, 0.3) is 21.9 Å². The second-order valence-electron chi connectivity index (χ2n) is 7.62. The Balaban J connectivity index is 1.74. The Morgan fingerprint density at radius 1 is 1.31 bits per heavy atom. The van der Waals surface area contributed by atoms with Crippen molar-refractivity contribution in [3.8, 4) is 0 Å². The minimum atomic E-state index is -3.07. The fourth-order valence-corrected chi connectivity index (χ4v) is 3.98. The zero-order valence-electron chi connectivity index (χ0n) is 16.6. The molecule has 0 atom stereocenters. The number of hydrogen-bond acceptors (Lipinski definition) is 6. The van der Waals surface area contributed by atoms with Gasteiger partial charge in [0.2, 0.25) is 11.7 Å². The first kappa shape index (κ1) is 20.1. The SMILES string of the molecule is CCOCc1nc2c[n+]([O-])c3ccccc3c2n1CC1(OCCS(C)(=O)=O)CC1. The Kier molecular flexibility index (Phi) is 5.22. The monoisotopic (exact) mass is 419 g/mol. The third kappa shape index (κ3) is 4.22. The molecule has 4 rings (SSSR count). The summed E-state index contributed by atoms with van der Waals surface area (Å²) in [6.07, 6.45) is 4.42. The average molecular weight is 420 g/mol. The van der Waals surface area contributed by atoms with E-state index in [2.05, 4.69) is 9.55 Å². The first-order valence-corrected chi connectivity index (χ1v) is 11.8. The lowest BCUT2D eigenvalue weighted by Gasteiger charge is -2.19. The maximum Gasteiger partial charge on any atom is 0.226 e. The van der Waals surface area contributed by atoms with Crippen LogP contribution in [-0.4, -0.2) is 48.8 Å². The molecular formula is C20H25N3O5S. The molecule has 3 aromatic rings. The second kappa shape index (κ2) is 7.55. The standard InChI is InChI=1S/C20H25N3O5S/c1-3-27-13-18-21-16-12-23(24)17-7-5-4-6-15(17)19(16)22(18)14-20(8-9-20)28-10-11-29(2,25)26/h4-7,12H,3,8-11,13-14H2,1-2H3. The van der Waals surface area contributed by atoms with Gasteiger partial charge < -0.3 is 19.2 Å². The molecule has 0 spiro atoms. The minimum Gasteiger partial charge on any atom is -0.618 e. The van der Waals surface area contributed by atoms with E-state index in [0.717, 1.165) is 34.3 Å². The van der Waals surface area contributed by atoms with Crippen LogP contribution >= 0.6 is 0 Å².